The zero-order valence-electron chi connectivity index (χ0n) is 3.14. The second kappa shape index (κ2) is 4.05. The van der Waals surface area contributed by atoms with Crippen LogP contribution < -0.4 is 5.14 Å². The molecule has 0 spiro atoms. The van der Waals surface area contributed by atoms with Gasteiger partial charge in [0, 0.05) is 0 Å². The maximum absolute atomic E-state index is 4.97. The van der Waals surface area contributed by atoms with Crippen molar-refractivity contribution in [1.29, 1.82) is 0 Å². The lowest BCUT2D eigenvalue weighted by molar-refractivity contribution is 1.78. The number of hydrogen-bond acceptors (Lipinski definition) is 2. The molecular formula is C3H7NS. The van der Waals surface area contributed by atoms with Crippen LogP contribution in [0.1, 0.15) is 6.92 Å². The van der Waals surface area contributed by atoms with Crippen LogP contribution in [0.25, 0.3) is 0 Å². The lowest BCUT2D eigenvalue weighted by Crippen LogP contribution is -1.65. The van der Waals surface area contributed by atoms with Crippen LogP contribution in [-0.2, 0) is 0 Å². The van der Waals surface area contributed by atoms with E-state index in [-0.39, 0.29) is 0 Å². The largest absolute Gasteiger partial charge is 0.274 e. The van der Waals surface area contributed by atoms with Crippen molar-refractivity contribution in [1.82, 2.24) is 0 Å². The molecule has 0 fully saturated rings. The molecule has 0 amide bonds. The Balaban J connectivity index is 2.62. The van der Waals surface area contributed by atoms with Crippen LogP contribution in [0.4, 0.5) is 0 Å². The monoisotopic (exact) mass is 89.0 g/mol. The van der Waals surface area contributed by atoms with E-state index in [0.29, 0.717) is 0 Å². The van der Waals surface area contributed by atoms with Crippen LogP contribution in [0.2, 0.25) is 0 Å². The fraction of sp³-hybridized carbons (Fsp3) is 0.333. The molecule has 1 nitrogen and oxygen atoms in total. The van der Waals surface area contributed by atoms with Crippen LogP contribution >= 0.6 is 11.9 Å². The highest BCUT2D eigenvalue weighted by atomic mass is 32.2. The van der Waals surface area contributed by atoms with Crippen LogP contribution in [0.3, 0.4) is 0 Å². The molecule has 0 unspecified atom stereocenters. The minimum absolute atomic E-state index is 1.22. The Labute approximate surface area is 36.4 Å². The average molecular weight is 89.2 g/mol. The van der Waals surface area contributed by atoms with Crippen LogP contribution in [0.15, 0.2) is 11.5 Å². The van der Waals surface area contributed by atoms with E-state index >= 15 is 0 Å². The summed E-state index contributed by atoms with van der Waals surface area (Å²) < 4.78 is 0. The topological polar surface area (TPSA) is 26.0 Å². The molecule has 0 saturated carbocycles. The first-order chi connectivity index (χ1) is 2.41. The molecule has 0 radical (unpaired) electrons. The van der Waals surface area contributed by atoms with Crippen molar-refractivity contribution in [2.24, 2.45) is 5.14 Å². The maximum Gasteiger partial charge on any atom is -0.0181 e. The maximum atomic E-state index is 4.97. The summed E-state index contributed by atoms with van der Waals surface area (Å²) in [5, 5.41) is 6.79. The number of allylic oxidation sites excluding steroid dienone is 1. The van der Waals surface area contributed by atoms with E-state index < -0.39 is 0 Å². The Morgan fingerprint density at radius 2 is 2.40 bits per heavy atom. The van der Waals surface area contributed by atoms with Gasteiger partial charge in [-0.1, -0.05) is 18.0 Å². The van der Waals surface area contributed by atoms with Gasteiger partial charge >= 0.3 is 0 Å². The summed E-state index contributed by atoms with van der Waals surface area (Å²) >= 11 is 1.22. The molecule has 0 aromatic carbocycles. The highest BCUT2D eigenvalue weighted by Gasteiger charge is 1.51. The van der Waals surface area contributed by atoms with Crippen LogP contribution in [-0.4, -0.2) is 0 Å². The second-order valence-corrected chi connectivity index (χ2v) is 1.15. The van der Waals surface area contributed by atoms with Gasteiger partial charge in [0.2, 0.25) is 0 Å². The lowest BCUT2D eigenvalue weighted by atomic mass is 10.8. The summed E-state index contributed by atoms with van der Waals surface area (Å²) in [4.78, 5) is 0. The van der Waals surface area contributed by atoms with Gasteiger partial charge in [-0.25, -0.2) is 0 Å². The van der Waals surface area contributed by atoms with Crippen LogP contribution in [0, 0.1) is 0 Å². The Hall–Kier alpha value is 0.0500. The quantitative estimate of drug-likeness (QED) is 0.487. The molecule has 0 aliphatic heterocycles. The van der Waals surface area contributed by atoms with Gasteiger partial charge in [-0.15, -0.1) is 0 Å². The zero-order chi connectivity index (χ0) is 4.12. The Bertz CT molecular complexity index is 33.9. The SMILES string of the molecule is C/C=C\SN. The van der Waals surface area contributed by atoms with Crippen molar-refractivity contribution in [2.75, 3.05) is 0 Å². The molecule has 5 heavy (non-hydrogen) atoms. The van der Waals surface area contributed by atoms with Crippen molar-refractivity contribution >= 4 is 11.9 Å². The molecule has 30 valence electrons. The Morgan fingerprint density at radius 1 is 1.80 bits per heavy atom. The third-order valence-corrected chi connectivity index (χ3v) is 0.644. The minimum atomic E-state index is 1.22. The third-order valence-electron chi connectivity index (χ3n) is 0.215. The molecule has 0 atom stereocenters. The summed E-state index contributed by atoms with van der Waals surface area (Å²) in [5.41, 5.74) is 0. The van der Waals surface area contributed by atoms with E-state index in [1.165, 1.54) is 11.9 Å². The van der Waals surface area contributed by atoms with Gasteiger partial charge in [0.05, 0.1) is 0 Å². The van der Waals surface area contributed by atoms with Crippen molar-refractivity contribution in [3.05, 3.63) is 11.5 Å². The number of rotatable bonds is 1. The molecule has 2 N–H and O–H groups in total. The van der Waals surface area contributed by atoms with Crippen molar-refractivity contribution in [3.63, 3.8) is 0 Å². The fourth-order valence-electron chi connectivity index (χ4n) is 0.0786. The molecule has 0 aliphatic rings. The predicted molar refractivity (Wildman–Crippen MR) is 26.6 cm³/mol. The van der Waals surface area contributed by atoms with E-state index in [0.717, 1.165) is 0 Å². The number of hydrogen-bond donors (Lipinski definition) is 1. The van der Waals surface area contributed by atoms with E-state index in [4.69, 9.17) is 5.14 Å². The molecule has 0 aliphatic carbocycles. The smallest absolute Gasteiger partial charge is 0.0181 e. The zero-order valence-corrected chi connectivity index (χ0v) is 3.96. The summed E-state index contributed by atoms with van der Waals surface area (Å²) in [6, 6.07) is 0. The first-order valence-electron chi connectivity index (χ1n) is 1.38. The predicted octanol–water partition coefficient (Wildman–Crippen LogP) is 1.13. The normalized spacial score (nSPS) is 10.0. The molecule has 0 heterocycles. The third kappa shape index (κ3) is 4.05. The minimum Gasteiger partial charge on any atom is -0.274 e. The highest BCUT2D eigenvalue weighted by molar-refractivity contribution is 7.99. The Kier molecular flexibility index (Phi) is 4.09. The lowest BCUT2D eigenvalue weighted by Gasteiger charge is -1.66. The first kappa shape index (κ1) is 5.05. The van der Waals surface area contributed by atoms with Gasteiger partial charge in [-0.05, 0) is 12.3 Å². The summed E-state index contributed by atoms with van der Waals surface area (Å²) in [6.45, 7) is 1.93. The molecule has 0 aromatic heterocycles. The molecular weight excluding hydrogens is 82.1 g/mol. The van der Waals surface area contributed by atoms with Gasteiger partial charge in [0.1, 0.15) is 0 Å². The number of nitrogens with two attached hydrogens (primary N) is 1. The van der Waals surface area contributed by atoms with E-state index in [1.54, 1.807) is 0 Å². The van der Waals surface area contributed by atoms with Gasteiger partial charge in [-0.2, -0.15) is 0 Å². The van der Waals surface area contributed by atoms with Crippen molar-refractivity contribution < 1.29 is 0 Å². The summed E-state index contributed by atoms with van der Waals surface area (Å²) in [6.07, 6.45) is 1.89. The molecule has 0 rings (SSSR count). The van der Waals surface area contributed by atoms with Gasteiger partial charge in [0.15, 0.2) is 0 Å². The second-order valence-electron chi connectivity index (χ2n) is 0.605. The summed E-state index contributed by atoms with van der Waals surface area (Å²) in [7, 11) is 0. The van der Waals surface area contributed by atoms with Crippen LogP contribution in [0.5, 0.6) is 0 Å². The highest BCUT2D eigenvalue weighted by Crippen LogP contribution is 1.83. The molecule has 0 bridgehead atoms. The molecule has 0 saturated heterocycles. The van der Waals surface area contributed by atoms with Crippen molar-refractivity contribution in [2.45, 2.75) is 6.92 Å². The molecule has 0 aromatic rings. The fourth-order valence-corrected chi connectivity index (χ4v) is 0.236. The van der Waals surface area contributed by atoms with Crippen molar-refractivity contribution in [3.8, 4) is 0 Å². The van der Waals surface area contributed by atoms with E-state index in [9.17, 15) is 0 Å². The molecule has 2 heteroatoms. The summed E-state index contributed by atoms with van der Waals surface area (Å²) in [5.74, 6) is 0. The average Bonchev–Trinajstić information content (AvgIpc) is 1.41. The standard InChI is InChI=1S/C3H7NS/c1-2-3-5-4/h2-3H,4H2,1H3/b3-2-. The van der Waals surface area contributed by atoms with E-state index in [1.807, 2.05) is 18.4 Å². The van der Waals surface area contributed by atoms with Gasteiger partial charge in [-0.3, -0.25) is 5.14 Å². The van der Waals surface area contributed by atoms with Gasteiger partial charge < -0.3 is 0 Å². The van der Waals surface area contributed by atoms with E-state index in [2.05, 4.69) is 0 Å². The van der Waals surface area contributed by atoms with Gasteiger partial charge in [0.25, 0.3) is 0 Å². The first-order valence-corrected chi connectivity index (χ1v) is 2.32. The Morgan fingerprint density at radius 3 is 2.40 bits per heavy atom.